The summed E-state index contributed by atoms with van der Waals surface area (Å²) in [6.45, 7) is 1.17. The van der Waals surface area contributed by atoms with Gasteiger partial charge in [-0.15, -0.1) is 0 Å². The van der Waals surface area contributed by atoms with Gasteiger partial charge in [0.05, 0.1) is 12.2 Å². The molecular formula is C15H24N2O4. The summed E-state index contributed by atoms with van der Waals surface area (Å²) in [4.78, 5) is 25.6. The molecule has 118 valence electrons. The molecule has 0 aromatic carbocycles. The second kappa shape index (κ2) is 6.22. The Morgan fingerprint density at radius 2 is 1.67 bits per heavy atom. The summed E-state index contributed by atoms with van der Waals surface area (Å²) < 4.78 is 5.71. The van der Waals surface area contributed by atoms with Gasteiger partial charge in [0.15, 0.2) is 0 Å². The van der Waals surface area contributed by atoms with E-state index < -0.39 is 12.0 Å². The number of morpholine rings is 1. The van der Waals surface area contributed by atoms with Gasteiger partial charge in [-0.05, 0) is 31.6 Å². The highest BCUT2D eigenvalue weighted by Crippen LogP contribution is 2.28. The van der Waals surface area contributed by atoms with Crippen LogP contribution in [-0.4, -0.2) is 53.3 Å². The fourth-order valence-corrected chi connectivity index (χ4v) is 3.85. The molecule has 0 aromatic rings. The number of nitrogens with one attached hydrogen (secondary N) is 1. The van der Waals surface area contributed by atoms with E-state index in [1.165, 1.54) is 6.42 Å². The monoisotopic (exact) mass is 296 g/mol. The number of nitrogens with zero attached hydrogens (tertiary/aromatic N) is 1. The molecule has 0 radical (unpaired) electrons. The molecule has 2 bridgehead atoms. The first kappa shape index (κ1) is 14.6. The van der Waals surface area contributed by atoms with Gasteiger partial charge in [0.1, 0.15) is 6.04 Å². The number of likely N-dealkylation sites (tertiary alicyclic amines) is 1. The molecule has 2 saturated heterocycles. The van der Waals surface area contributed by atoms with Crippen molar-refractivity contribution in [2.45, 2.75) is 63.2 Å². The van der Waals surface area contributed by atoms with E-state index in [4.69, 9.17) is 4.74 Å². The quantitative estimate of drug-likeness (QED) is 0.829. The Balaban J connectivity index is 1.59. The lowest BCUT2D eigenvalue weighted by Crippen LogP contribution is -2.55. The first-order chi connectivity index (χ1) is 10.1. The summed E-state index contributed by atoms with van der Waals surface area (Å²) in [7, 11) is 0. The minimum absolute atomic E-state index is 0.0676. The van der Waals surface area contributed by atoms with Crippen molar-refractivity contribution in [3.8, 4) is 0 Å². The number of hydrogen-bond acceptors (Lipinski definition) is 3. The molecule has 3 atom stereocenters. The molecule has 1 aliphatic carbocycles. The number of amides is 2. The molecule has 2 amide bonds. The standard InChI is InChI=1S/C15H24N2O4/c18-14(19)13(10-4-2-1-3-5-10)16-15(20)17-8-11-6-7-12(9-17)21-11/h10-13H,1-9H2,(H,16,20)(H,18,19). The largest absolute Gasteiger partial charge is 0.480 e. The van der Waals surface area contributed by atoms with Crippen LogP contribution in [0.1, 0.15) is 44.9 Å². The van der Waals surface area contributed by atoms with Gasteiger partial charge in [-0.2, -0.15) is 0 Å². The van der Waals surface area contributed by atoms with Crippen molar-refractivity contribution in [1.29, 1.82) is 0 Å². The SMILES string of the molecule is O=C(O)C(NC(=O)N1CC2CCC(C1)O2)C1CCCCC1. The molecule has 3 fully saturated rings. The van der Waals surface area contributed by atoms with Gasteiger partial charge in [-0.25, -0.2) is 9.59 Å². The van der Waals surface area contributed by atoms with Gasteiger partial charge in [0.2, 0.25) is 0 Å². The average molecular weight is 296 g/mol. The van der Waals surface area contributed by atoms with Crippen LogP contribution in [0.25, 0.3) is 0 Å². The predicted molar refractivity (Wildman–Crippen MR) is 76.0 cm³/mol. The molecule has 3 unspecified atom stereocenters. The number of carbonyl (C=O) groups is 2. The van der Waals surface area contributed by atoms with E-state index in [-0.39, 0.29) is 24.2 Å². The molecule has 6 heteroatoms. The number of carbonyl (C=O) groups excluding carboxylic acids is 1. The van der Waals surface area contributed by atoms with Crippen LogP contribution in [0.3, 0.4) is 0 Å². The Labute approximate surface area is 124 Å². The average Bonchev–Trinajstić information content (AvgIpc) is 2.83. The number of hydrogen-bond donors (Lipinski definition) is 2. The summed E-state index contributed by atoms with van der Waals surface area (Å²) in [6.07, 6.45) is 7.34. The molecule has 3 rings (SSSR count). The number of fused-ring (bicyclic) bond motifs is 2. The number of carboxylic acids is 1. The molecule has 2 aliphatic heterocycles. The molecule has 1 saturated carbocycles. The Bertz CT molecular complexity index is 396. The van der Waals surface area contributed by atoms with E-state index in [0.29, 0.717) is 13.1 Å². The van der Waals surface area contributed by atoms with Crippen LogP contribution in [0.4, 0.5) is 4.79 Å². The molecule has 3 aliphatic rings. The maximum atomic E-state index is 12.4. The van der Waals surface area contributed by atoms with Gasteiger partial charge in [0, 0.05) is 13.1 Å². The number of rotatable bonds is 3. The zero-order valence-corrected chi connectivity index (χ0v) is 12.3. The first-order valence-corrected chi connectivity index (χ1v) is 8.07. The minimum Gasteiger partial charge on any atom is -0.480 e. The molecule has 2 heterocycles. The highest BCUT2D eigenvalue weighted by atomic mass is 16.5. The van der Waals surface area contributed by atoms with Crippen LogP contribution in [0, 0.1) is 5.92 Å². The molecule has 21 heavy (non-hydrogen) atoms. The Morgan fingerprint density at radius 1 is 1.05 bits per heavy atom. The number of carboxylic acid groups (broad SMARTS) is 1. The Hall–Kier alpha value is -1.30. The van der Waals surface area contributed by atoms with Crippen molar-refractivity contribution in [2.24, 2.45) is 5.92 Å². The topological polar surface area (TPSA) is 78.9 Å². The second-order valence-electron chi connectivity index (χ2n) is 6.53. The maximum Gasteiger partial charge on any atom is 0.326 e. The van der Waals surface area contributed by atoms with Gasteiger partial charge >= 0.3 is 12.0 Å². The lowest BCUT2D eigenvalue weighted by molar-refractivity contribution is -0.141. The van der Waals surface area contributed by atoms with Crippen LogP contribution in [0.2, 0.25) is 0 Å². The zero-order valence-electron chi connectivity index (χ0n) is 12.3. The van der Waals surface area contributed by atoms with E-state index in [0.717, 1.165) is 38.5 Å². The zero-order chi connectivity index (χ0) is 14.8. The van der Waals surface area contributed by atoms with Crippen LogP contribution in [0.5, 0.6) is 0 Å². The highest BCUT2D eigenvalue weighted by molar-refractivity contribution is 5.83. The van der Waals surface area contributed by atoms with Crippen LogP contribution < -0.4 is 5.32 Å². The van der Waals surface area contributed by atoms with Crippen LogP contribution >= 0.6 is 0 Å². The van der Waals surface area contributed by atoms with Crippen LogP contribution in [0.15, 0.2) is 0 Å². The Kier molecular flexibility index (Phi) is 4.33. The first-order valence-electron chi connectivity index (χ1n) is 8.07. The summed E-state index contributed by atoms with van der Waals surface area (Å²) in [5.41, 5.74) is 0. The third kappa shape index (κ3) is 3.31. The van der Waals surface area contributed by atoms with Gasteiger partial charge in [-0.1, -0.05) is 19.3 Å². The van der Waals surface area contributed by atoms with Crippen molar-refractivity contribution in [3.63, 3.8) is 0 Å². The van der Waals surface area contributed by atoms with Crippen molar-refractivity contribution in [2.75, 3.05) is 13.1 Å². The summed E-state index contributed by atoms with van der Waals surface area (Å²) >= 11 is 0. The van der Waals surface area contributed by atoms with Crippen molar-refractivity contribution in [3.05, 3.63) is 0 Å². The summed E-state index contributed by atoms with van der Waals surface area (Å²) in [5, 5.41) is 12.2. The second-order valence-corrected chi connectivity index (χ2v) is 6.53. The lowest BCUT2D eigenvalue weighted by Gasteiger charge is -2.34. The smallest absolute Gasteiger partial charge is 0.326 e. The normalized spacial score (nSPS) is 31.0. The van der Waals surface area contributed by atoms with Crippen molar-refractivity contribution >= 4 is 12.0 Å². The van der Waals surface area contributed by atoms with E-state index in [1.54, 1.807) is 4.90 Å². The third-order valence-electron chi connectivity index (χ3n) is 5.00. The van der Waals surface area contributed by atoms with E-state index in [9.17, 15) is 14.7 Å². The van der Waals surface area contributed by atoms with E-state index >= 15 is 0 Å². The fourth-order valence-electron chi connectivity index (χ4n) is 3.85. The van der Waals surface area contributed by atoms with Crippen LogP contribution in [-0.2, 0) is 9.53 Å². The van der Waals surface area contributed by atoms with Crippen molar-refractivity contribution < 1.29 is 19.4 Å². The van der Waals surface area contributed by atoms with E-state index in [1.807, 2.05) is 0 Å². The molecule has 6 nitrogen and oxygen atoms in total. The van der Waals surface area contributed by atoms with E-state index in [2.05, 4.69) is 5.32 Å². The fraction of sp³-hybridized carbons (Fsp3) is 0.867. The molecule has 0 spiro atoms. The Morgan fingerprint density at radius 3 is 2.24 bits per heavy atom. The van der Waals surface area contributed by atoms with Gasteiger partial charge in [0.25, 0.3) is 0 Å². The highest BCUT2D eigenvalue weighted by Gasteiger charge is 2.38. The summed E-state index contributed by atoms with van der Waals surface area (Å²) in [6, 6.07) is -0.994. The van der Waals surface area contributed by atoms with Gasteiger partial charge in [-0.3, -0.25) is 0 Å². The van der Waals surface area contributed by atoms with Gasteiger partial charge < -0.3 is 20.1 Å². The molecule has 0 aromatic heterocycles. The summed E-state index contributed by atoms with van der Waals surface area (Å²) in [5.74, 6) is -0.843. The number of ether oxygens (including phenoxy) is 1. The predicted octanol–water partition coefficient (Wildman–Crippen LogP) is 1.59. The minimum atomic E-state index is -0.911. The lowest BCUT2D eigenvalue weighted by atomic mass is 9.84. The number of urea groups is 1. The molecule has 2 N–H and O–H groups in total. The maximum absolute atomic E-state index is 12.4. The molecular weight excluding hydrogens is 272 g/mol. The van der Waals surface area contributed by atoms with Crippen molar-refractivity contribution in [1.82, 2.24) is 10.2 Å². The third-order valence-corrected chi connectivity index (χ3v) is 5.00. The number of aliphatic carboxylic acids is 1.